The number of nitriles is 1. The van der Waals surface area contributed by atoms with E-state index in [1.54, 1.807) is 6.07 Å². The summed E-state index contributed by atoms with van der Waals surface area (Å²) in [5.41, 5.74) is 8.01. The Labute approximate surface area is 178 Å². The molecule has 2 aliphatic rings. The Morgan fingerprint density at radius 1 is 1.10 bits per heavy atom. The maximum Gasteiger partial charge on any atom is 0.147 e. The topological polar surface area (TPSA) is 33.5 Å². The largest absolute Gasteiger partial charge is 0.343 e. The highest BCUT2D eigenvalue weighted by Gasteiger charge is 2.34. The van der Waals surface area contributed by atoms with Crippen LogP contribution in [0.15, 0.2) is 42.6 Å². The van der Waals surface area contributed by atoms with Crippen molar-refractivity contribution in [2.75, 3.05) is 30.2 Å². The maximum atomic E-state index is 15.3. The number of rotatable bonds is 3. The molecular formula is C25H27FN4. The Balaban J connectivity index is 1.91. The molecule has 2 aromatic carbocycles. The third kappa shape index (κ3) is 3.00. The van der Waals surface area contributed by atoms with Crippen LogP contribution in [-0.4, -0.2) is 31.3 Å². The number of benzene rings is 2. The fourth-order valence-electron chi connectivity index (χ4n) is 4.75. The van der Waals surface area contributed by atoms with E-state index in [2.05, 4.69) is 48.1 Å². The molecule has 1 fully saturated rings. The molecule has 4 nitrogen and oxygen atoms in total. The van der Waals surface area contributed by atoms with Crippen LogP contribution in [-0.2, 0) is 0 Å². The molecule has 0 radical (unpaired) electrons. The second kappa shape index (κ2) is 7.30. The molecule has 2 aliphatic heterocycles. The van der Waals surface area contributed by atoms with Crippen LogP contribution in [0.2, 0.25) is 0 Å². The van der Waals surface area contributed by atoms with Gasteiger partial charge >= 0.3 is 0 Å². The van der Waals surface area contributed by atoms with E-state index >= 15 is 4.39 Å². The van der Waals surface area contributed by atoms with E-state index < -0.39 is 0 Å². The lowest BCUT2D eigenvalue weighted by Crippen LogP contribution is -2.53. The van der Waals surface area contributed by atoms with Crippen molar-refractivity contribution in [2.24, 2.45) is 0 Å². The van der Waals surface area contributed by atoms with E-state index in [9.17, 15) is 0 Å². The number of anilines is 2. The van der Waals surface area contributed by atoms with Crippen molar-refractivity contribution >= 4 is 22.5 Å². The Morgan fingerprint density at radius 2 is 1.73 bits per heavy atom. The van der Waals surface area contributed by atoms with Gasteiger partial charge in [-0.25, -0.2) is 4.39 Å². The van der Waals surface area contributed by atoms with Crippen LogP contribution in [0.1, 0.15) is 43.0 Å². The predicted molar refractivity (Wildman–Crippen MR) is 122 cm³/mol. The average Bonchev–Trinajstić information content (AvgIpc) is 2.68. The lowest BCUT2D eigenvalue weighted by atomic mass is 9.84. The fraction of sp³-hybridized carbons (Fsp3) is 0.320. The second-order valence-corrected chi connectivity index (χ2v) is 8.50. The van der Waals surface area contributed by atoms with E-state index in [-0.39, 0.29) is 11.9 Å². The second-order valence-electron chi connectivity index (χ2n) is 8.50. The molecule has 1 saturated heterocycles. The van der Waals surface area contributed by atoms with Crippen LogP contribution in [0.3, 0.4) is 0 Å². The molecule has 0 atom stereocenters. The standard InChI is InChI=1S/C25H27FN4/c1-15(2)30-18(5)23(20-9-7-19(12-27)8-10-20)16(3)21-11-22(26)25(17(4)24(21)30)29-13-28(6)14-29/h7-11,15H,3,13-14H2,1-2,4-6H3. The fourth-order valence-corrected chi connectivity index (χ4v) is 4.75. The molecule has 0 unspecified atom stereocenters. The molecule has 0 amide bonds. The first-order valence-electron chi connectivity index (χ1n) is 10.2. The molecule has 30 heavy (non-hydrogen) atoms. The molecule has 0 N–H and O–H groups in total. The number of halogens is 1. The number of allylic oxidation sites excluding steroid dienone is 3. The van der Waals surface area contributed by atoms with Crippen LogP contribution in [0.4, 0.5) is 15.8 Å². The highest BCUT2D eigenvalue weighted by molar-refractivity contribution is 6.11. The van der Waals surface area contributed by atoms with Crippen molar-refractivity contribution in [3.05, 3.63) is 70.7 Å². The minimum atomic E-state index is -0.206. The van der Waals surface area contributed by atoms with Crippen LogP contribution < -0.4 is 9.80 Å². The third-order valence-corrected chi connectivity index (χ3v) is 6.01. The Bertz CT molecular complexity index is 1100. The SMILES string of the molecule is C=C1C(c2ccc(C#N)cc2)=C(C)N(C(C)C)c2c1cc(F)c(N1CN(C)C1)c2C. The molecule has 0 bridgehead atoms. The monoisotopic (exact) mass is 402 g/mol. The summed E-state index contributed by atoms with van der Waals surface area (Å²) in [4.78, 5) is 6.51. The molecule has 154 valence electrons. The van der Waals surface area contributed by atoms with Gasteiger partial charge in [0.25, 0.3) is 0 Å². The smallest absolute Gasteiger partial charge is 0.147 e. The molecule has 2 aromatic rings. The summed E-state index contributed by atoms with van der Waals surface area (Å²) in [7, 11) is 2.03. The summed E-state index contributed by atoms with van der Waals surface area (Å²) < 4.78 is 15.3. The summed E-state index contributed by atoms with van der Waals surface area (Å²) >= 11 is 0. The minimum absolute atomic E-state index is 0.196. The molecule has 0 aromatic heterocycles. The zero-order valence-corrected chi connectivity index (χ0v) is 18.3. The lowest BCUT2D eigenvalue weighted by Gasteiger charge is -2.45. The molecule has 4 rings (SSSR count). The molecule has 0 aliphatic carbocycles. The van der Waals surface area contributed by atoms with Crippen LogP contribution >= 0.6 is 0 Å². The molecule has 0 spiro atoms. The number of fused-ring (bicyclic) bond motifs is 1. The Hall–Kier alpha value is -3.10. The molecule has 2 heterocycles. The first-order valence-corrected chi connectivity index (χ1v) is 10.2. The summed E-state index contributed by atoms with van der Waals surface area (Å²) in [5.74, 6) is -0.206. The van der Waals surface area contributed by atoms with Gasteiger partial charge in [-0.2, -0.15) is 5.26 Å². The van der Waals surface area contributed by atoms with Crippen LogP contribution in [0, 0.1) is 24.1 Å². The van der Waals surface area contributed by atoms with Gasteiger partial charge in [-0.15, -0.1) is 0 Å². The maximum absolute atomic E-state index is 15.3. The van der Waals surface area contributed by atoms with Crippen molar-refractivity contribution in [3.63, 3.8) is 0 Å². The lowest BCUT2D eigenvalue weighted by molar-refractivity contribution is 0.229. The molecular weight excluding hydrogens is 375 g/mol. The minimum Gasteiger partial charge on any atom is -0.343 e. The van der Waals surface area contributed by atoms with Crippen molar-refractivity contribution < 1.29 is 4.39 Å². The number of hydrogen-bond donors (Lipinski definition) is 0. The zero-order valence-electron chi connectivity index (χ0n) is 18.3. The van der Waals surface area contributed by atoms with Gasteiger partial charge in [0, 0.05) is 22.9 Å². The van der Waals surface area contributed by atoms with Gasteiger partial charge in [0.05, 0.1) is 36.3 Å². The van der Waals surface area contributed by atoms with Gasteiger partial charge < -0.3 is 9.80 Å². The zero-order chi connectivity index (χ0) is 21.7. The van der Waals surface area contributed by atoms with Gasteiger partial charge in [-0.1, -0.05) is 18.7 Å². The van der Waals surface area contributed by atoms with Crippen molar-refractivity contribution in [1.82, 2.24) is 4.90 Å². The van der Waals surface area contributed by atoms with Gasteiger partial charge in [-0.3, -0.25) is 4.90 Å². The van der Waals surface area contributed by atoms with E-state index in [1.807, 2.05) is 38.2 Å². The third-order valence-electron chi connectivity index (χ3n) is 6.01. The normalized spacial score (nSPS) is 16.7. The number of nitrogens with zero attached hydrogens (tertiary/aromatic N) is 4. The van der Waals surface area contributed by atoms with Crippen LogP contribution in [0.25, 0.3) is 11.1 Å². The van der Waals surface area contributed by atoms with E-state index in [0.717, 1.165) is 52.6 Å². The number of hydrogen-bond acceptors (Lipinski definition) is 4. The van der Waals surface area contributed by atoms with E-state index in [4.69, 9.17) is 5.26 Å². The Morgan fingerprint density at radius 3 is 2.27 bits per heavy atom. The average molecular weight is 403 g/mol. The van der Waals surface area contributed by atoms with Gasteiger partial charge in [-0.05, 0) is 69.6 Å². The van der Waals surface area contributed by atoms with Crippen molar-refractivity contribution in [2.45, 2.75) is 33.7 Å². The summed E-state index contributed by atoms with van der Waals surface area (Å²) in [5, 5.41) is 9.12. The molecule has 5 heteroatoms. The van der Waals surface area contributed by atoms with E-state index in [0.29, 0.717) is 11.3 Å². The van der Waals surface area contributed by atoms with Gasteiger partial charge in [0.1, 0.15) is 5.82 Å². The summed E-state index contributed by atoms with van der Waals surface area (Å²) in [6.07, 6.45) is 0. The predicted octanol–water partition coefficient (Wildman–Crippen LogP) is 5.35. The Kier molecular flexibility index (Phi) is 4.91. The van der Waals surface area contributed by atoms with Crippen LogP contribution in [0.5, 0.6) is 0 Å². The van der Waals surface area contributed by atoms with Crippen molar-refractivity contribution in [3.8, 4) is 6.07 Å². The highest BCUT2D eigenvalue weighted by Crippen LogP contribution is 2.49. The first kappa shape index (κ1) is 20.2. The van der Waals surface area contributed by atoms with Crippen molar-refractivity contribution in [1.29, 1.82) is 5.26 Å². The first-order chi connectivity index (χ1) is 14.2. The van der Waals surface area contributed by atoms with Gasteiger partial charge in [0.15, 0.2) is 0 Å². The molecule has 0 saturated carbocycles. The summed E-state index contributed by atoms with van der Waals surface area (Å²) in [6.45, 7) is 14.2. The van der Waals surface area contributed by atoms with Gasteiger partial charge in [0.2, 0.25) is 0 Å². The quantitative estimate of drug-likeness (QED) is 0.693. The summed E-state index contributed by atoms with van der Waals surface area (Å²) in [6, 6.07) is 11.5. The highest BCUT2D eigenvalue weighted by atomic mass is 19.1. The van der Waals surface area contributed by atoms with E-state index in [1.165, 1.54) is 0 Å².